The van der Waals surface area contributed by atoms with Crippen molar-refractivity contribution in [2.45, 2.75) is 19.4 Å². The third kappa shape index (κ3) is 2.18. The first-order chi connectivity index (χ1) is 7.09. The van der Waals surface area contributed by atoms with E-state index in [2.05, 4.69) is 0 Å². The normalized spacial score (nSPS) is 12.5. The van der Waals surface area contributed by atoms with Crippen LogP contribution < -0.4 is 5.73 Å². The molecule has 0 bridgehead atoms. The molecule has 0 aliphatic rings. The lowest BCUT2D eigenvalue weighted by molar-refractivity contribution is 0.554. The highest BCUT2D eigenvalue weighted by atomic mass is 35.5. The summed E-state index contributed by atoms with van der Waals surface area (Å²) in [7, 11) is 0. The molecule has 1 unspecified atom stereocenters. The van der Waals surface area contributed by atoms with Crippen LogP contribution in [0.2, 0.25) is 0 Å². The summed E-state index contributed by atoms with van der Waals surface area (Å²) >= 11 is 0. The molecule has 1 aromatic carbocycles. The predicted molar refractivity (Wildman–Crippen MR) is 60.7 cm³/mol. The molecule has 1 heterocycles. The number of rotatable bonds is 2. The Morgan fingerprint density at radius 1 is 1.38 bits per heavy atom. The molecule has 0 radical (unpaired) electrons. The Kier molecular flexibility index (Phi) is 3.88. The number of hydrogen-bond acceptors (Lipinski definition) is 2. The maximum absolute atomic E-state index is 13.5. The van der Waals surface area contributed by atoms with Crippen molar-refractivity contribution in [3.05, 3.63) is 35.6 Å². The van der Waals surface area contributed by atoms with Crippen LogP contribution in [0.15, 0.2) is 22.8 Å². The number of halogens is 3. The van der Waals surface area contributed by atoms with Crippen molar-refractivity contribution in [1.29, 1.82) is 0 Å². The maximum Gasteiger partial charge on any atom is 0.142 e. The van der Waals surface area contributed by atoms with Gasteiger partial charge < -0.3 is 10.2 Å². The van der Waals surface area contributed by atoms with Gasteiger partial charge in [-0.3, -0.25) is 0 Å². The first-order valence-corrected chi connectivity index (χ1v) is 4.69. The zero-order valence-corrected chi connectivity index (χ0v) is 9.48. The highest BCUT2D eigenvalue weighted by molar-refractivity contribution is 5.85. The second kappa shape index (κ2) is 4.80. The Labute approximate surface area is 97.8 Å². The quantitative estimate of drug-likeness (QED) is 0.886. The molecule has 0 aliphatic carbocycles. The Hall–Kier alpha value is -1.13. The molecule has 0 saturated heterocycles. The summed E-state index contributed by atoms with van der Waals surface area (Å²) in [6.45, 7) is 1.76. The van der Waals surface area contributed by atoms with Crippen molar-refractivity contribution < 1.29 is 13.2 Å². The van der Waals surface area contributed by atoms with Crippen LogP contribution in [-0.4, -0.2) is 6.04 Å². The van der Waals surface area contributed by atoms with Gasteiger partial charge in [0.15, 0.2) is 0 Å². The highest BCUT2D eigenvalue weighted by Gasteiger charge is 2.15. The van der Waals surface area contributed by atoms with Crippen LogP contribution in [0.4, 0.5) is 8.78 Å². The van der Waals surface area contributed by atoms with E-state index in [9.17, 15) is 8.78 Å². The van der Waals surface area contributed by atoms with Crippen LogP contribution in [0.3, 0.4) is 0 Å². The Morgan fingerprint density at radius 3 is 2.69 bits per heavy atom. The molecule has 1 atom stereocenters. The highest BCUT2D eigenvalue weighted by Crippen LogP contribution is 2.26. The lowest BCUT2D eigenvalue weighted by Gasteiger charge is -2.07. The minimum Gasteiger partial charge on any atom is -0.464 e. The van der Waals surface area contributed by atoms with Crippen LogP contribution in [0.5, 0.6) is 0 Å². The third-order valence-corrected chi connectivity index (χ3v) is 2.26. The molecule has 88 valence electrons. The molecule has 2 N–H and O–H groups in total. The van der Waals surface area contributed by atoms with Crippen molar-refractivity contribution in [2.24, 2.45) is 5.73 Å². The second-order valence-electron chi connectivity index (χ2n) is 3.66. The fourth-order valence-corrected chi connectivity index (χ4v) is 1.63. The largest absolute Gasteiger partial charge is 0.464 e. The molecule has 0 aliphatic heterocycles. The van der Waals surface area contributed by atoms with Crippen LogP contribution in [-0.2, 0) is 6.42 Å². The predicted octanol–water partition coefficient (Wildman–Crippen LogP) is 3.02. The van der Waals surface area contributed by atoms with Crippen molar-refractivity contribution in [1.82, 2.24) is 0 Å². The van der Waals surface area contributed by atoms with Gasteiger partial charge >= 0.3 is 0 Å². The summed E-state index contributed by atoms with van der Waals surface area (Å²) in [5.41, 5.74) is 6.18. The average Bonchev–Trinajstić information content (AvgIpc) is 2.60. The van der Waals surface area contributed by atoms with Crippen LogP contribution >= 0.6 is 12.4 Å². The summed E-state index contributed by atoms with van der Waals surface area (Å²) in [5.74, 6) is -1.21. The molecular weight excluding hydrogens is 236 g/mol. The molecular formula is C11H12ClF2NO. The van der Waals surface area contributed by atoms with Crippen molar-refractivity contribution in [2.75, 3.05) is 0 Å². The van der Waals surface area contributed by atoms with E-state index in [0.717, 1.165) is 6.07 Å². The number of hydrogen-bond donors (Lipinski definition) is 1. The molecule has 2 nitrogen and oxygen atoms in total. The summed E-state index contributed by atoms with van der Waals surface area (Å²) in [6.07, 6.45) is 1.67. The van der Waals surface area contributed by atoms with E-state index in [-0.39, 0.29) is 24.0 Å². The maximum atomic E-state index is 13.5. The van der Waals surface area contributed by atoms with Crippen molar-refractivity contribution in [3.63, 3.8) is 0 Å². The van der Waals surface area contributed by atoms with E-state index in [1.807, 2.05) is 0 Å². The third-order valence-electron chi connectivity index (χ3n) is 2.26. The fraction of sp³-hybridized carbons (Fsp3) is 0.273. The van der Waals surface area contributed by atoms with E-state index >= 15 is 0 Å². The second-order valence-corrected chi connectivity index (χ2v) is 3.66. The minimum absolute atomic E-state index is 0. The molecule has 2 rings (SSSR count). The monoisotopic (exact) mass is 247 g/mol. The molecule has 16 heavy (non-hydrogen) atoms. The Morgan fingerprint density at radius 2 is 2.06 bits per heavy atom. The van der Waals surface area contributed by atoms with Gasteiger partial charge in [0.1, 0.15) is 17.2 Å². The standard InChI is InChI=1S/C11H11F2NO.ClH/c1-6(14)4-8-10(13)5-9(12)7-2-3-15-11(7)8;/h2-3,5-6H,4,14H2,1H3;1H. The molecule has 0 saturated carbocycles. The van der Waals surface area contributed by atoms with Gasteiger partial charge in [-0.1, -0.05) is 0 Å². The number of benzene rings is 1. The molecule has 0 spiro atoms. The summed E-state index contributed by atoms with van der Waals surface area (Å²) in [6, 6.07) is 2.16. The Bertz CT molecular complexity index is 496. The van der Waals surface area contributed by atoms with Gasteiger partial charge in [0.25, 0.3) is 0 Å². The van der Waals surface area contributed by atoms with E-state index in [1.54, 1.807) is 6.92 Å². The topological polar surface area (TPSA) is 39.2 Å². The Balaban J connectivity index is 0.00000128. The van der Waals surface area contributed by atoms with Crippen LogP contribution in [0.1, 0.15) is 12.5 Å². The van der Waals surface area contributed by atoms with Crippen molar-refractivity contribution >= 4 is 23.4 Å². The van der Waals surface area contributed by atoms with E-state index in [1.165, 1.54) is 12.3 Å². The molecule has 1 aromatic heterocycles. The minimum atomic E-state index is -0.607. The van der Waals surface area contributed by atoms with Gasteiger partial charge in [0.2, 0.25) is 0 Å². The SMILES string of the molecule is CC(N)Cc1c(F)cc(F)c2ccoc12.Cl. The van der Waals surface area contributed by atoms with Gasteiger partial charge in [-0.2, -0.15) is 0 Å². The molecule has 0 amide bonds. The first-order valence-electron chi connectivity index (χ1n) is 4.69. The van der Waals surface area contributed by atoms with E-state index in [4.69, 9.17) is 10.2 Å². The number of furan rings is 1. The first kappa shape index (κ1) is 12.9. The zero-order valence-electron chi connectivity index (χ0n) is 8.67. The van der Waals surface area contributed by atoms with Gasteiger partial charge in [-0.15, -0.1) is 12.4 Å². The lowest BCUT2D eigenvalue weighted by Crippen LogP contribution is -2.18. The van der Waals surface area contributed by atoms with Gasteiger partial charge in [-0.05, 0) is 19.4 Å². The number of fused-ring (bicyclic) bond motifs is 1. The van der Waals surface area contributed by atoms with E-state index in [0.29, 0.717) is 17.4 Å². The lowest BCUT2D eigenvalue weighted by atomic mass is 10.0. The summed E-state index contributed by atoms with van der Waals surface area (Å²) in [4.78, 5) is 0. The van der Waals surface area contributed by atoms with Crippen molar-refractivity contribution in [3.8, 4) is 0 Å². The van der Waals surface area contributed by atoms with Gasteiger partial charge in [0.05, 0.1) is 11.6 Å². The van der Waals surface area contributed by atoms with Gasteiger partial charge in [-0.25, -0.2) is 8.78 Å². The molecule has 5 heteroatoms. The van der Waals surface area contributed by atoms with Gasteiger partial charge in [0, 0.05) is 17.7 Å². The molecule has 0 fully saturated rings. The average molecular weight is 248 g/mol. The molecule has 2 aromatic rings. The zero-order chi connectivity index (χ0) is 11.0. The van der Waals surface area contributed by atoms with Crippen LogP contribution in [0, 0.1) is 11.6 Å². The fourth-order valence-electron chi connectivity index (χ4n) is 1.63. The smallest absolute Gasteiger partial charge is 0.142 e. The number of nitrogens with two attached hydrogens (primary N) is 1. The van der Waals surface area contributed by atoms with Crippen LogP contribution in [0.25, 0.3) is 11.0 Å². The summed E-state index contributed by atoms with van der Waals surface area (Å²) in [5, 5.41) is 0.298. The van der Waals surface area contributed by atoms with E-state index < -0.39 is 11.6 Å². The summed E-state index contributed by atoms with van der Waals surface area (Å²) < 4.78 is 31.8.